The highest BCUT2D eigenvalue weighted by Crippen LogP contribution is 2.39. The van der Waals surface area contributed by atoms with E-state index in [0.717, 1.165) is 31.2 Å². The van der Waals surface area contributed by atoms with E-state index in [0.29, 0.717) is 12.2 Å². The quantitative estimate of drug-likeness (QED) is 0.816. The lowest BCUT2D eigenvalue weighted by atomic mass is 9.81. The van der Waals surface area contributed by atoms with Gasteiger partial charge in [0, 0.05) is 6.20 Å². The number of anilines is 1. The molecule has 2 amide bonds. The van der Waals surface area contributed by atoms with Crippen LogP contribution in [0.4, 0.5) is 5.69 Å². The first kappa shape index (κ1) is 15.1. The topological polar surface area (TPSA) is 55.2 Å². The van der Waals surface area contributed by atoms with Crippen molar-refractivity contribution in [3.8, 4) is 0 Å². The molecule has 0 spiro atoms. The Kier molecular flexibility index (Phi) is 3.71. The number of imide groups is 1. The third-order valence-corrected chi connectivity index (χ3v) is 5.15. The van der Waals surface area contributed by atoms with Gasteiger partial charge in [0.15, 0.2) is 0 Å². The Hall–Kier alpha value is -2.43. The lowest BCUT2D eigenvalue weighted by Gasteiger charge is -2.19. The molecule has 2 aromatic rings. The normalized spacial score (nSPS) is 23.6. The zero-order valence-electron chi connectivity index (χ0n) is 13.8. The van der Waals surface area contributed by atoms with Crippen LogP contribution in [-0.2, 0) is 16.1 Å². The predicted octanol–water partition coefficient (Wildman–Crippen LogP) is 2.92. The van der Waals surface area contributed by atoms with Gasteiger partial charge < -0.3 is 0 Å². The van der Waals surface area contributed by atoms with Crippen LogP contribution >= 0.6 is 0 Å². The van der Waals surface area contributed by atoms with Gasteiger partial charge in [-0.2, -0.15) is 5.10 Å². The summed E-state index contributed by atoms with van der Waals surface area (Å²) >= 11 is 0. The summed E-state index contributed by atoms with van der Waals surface area (Å²) in [5, 5.41) is 4.34. The SMILES string of the molecule is Cc1cccc(Cn2cc(N3C(=O)[C@@H]4CCCC[C@H]4C3=O)cn2)c1. The monoisotopic (exact) mass is 323 g/mol. The minimum absolute atomic E-state index is 0.0418. The molecule has 2 heterocycles. The summed E-state index contributed by atoms with van der Waals surface area (Å²) in [6.07, 6.45) is 7.19. The molecule has 1 saturated carbocycles. The van der Waals surface area contributed by atoms with Gasteiger partial charge in [0.2, 0.25) is 11.8 Å². The first-order valence-corrected chi connectivity index (χ1v) is 8.59. The van der Waals surface area contributed by atoms with Crippen molar-refractivity contribution < 1.29 is 9.59 Å². The maximum absolute atomic E-state index is 12.6. The second-order valence-corrected chi connectivity index (χ2v) is 6.89. The van der Waals surface area contributed by atoms with E-state index in [1.165, 1.54) is 10.5 Å². The van der Waals surface area contributed by atoms with Gasteiger partial charge in [-0.05, 0) is 25.3 Å². The summed E-state index contributed by atoms with van der Waals surface area (Å²) in [6.45, 7) is 2.69. The van der Waals surface area contributed by atoms with Crippen LogP contribution in [0.15, 0.2) is 36.7 Å². The highest BCUT2D eigenvalue weighted by molar-refractivity contribution is 6.21. The molecular weight excluding hydrogens is 302 g/mol. The number of hydrogen-bond acceptors (Lipinski definition) is 3. The Morgan fingerprint density at radius 1 is 1.12 bits per heavy atom. The van der Waals surface area contributed by atoms with Gasteiger partial charge in [-0.3, -0.25) is 14.3 Å². The van der Waals surface area contributed by atoms with Crippen molar-refractivity contribution in [2.75, 3.05) is 4.90 Å². The van der Waals surface area contributed by atoms with Gasteiger partial charge in [-0.1, -0.05) is 42.7 Å². The van der Waals surface area contributed by atoms with Crippen LogP contribution in [0, 0.1) is 18.8 Å². The fourth-order valence-corrected chi connectivity index (χ4v) is 3.97. The zero-order chi connectivity index (χ0) is 16.7. The van der Waals surface area contributed by atoms with Crippen LogP contribution in [-0.4, -0.2) is 21.6 Å². The molecule has 0 bridgehead atoms. The van der Waals surface area contributed by atoms with E-state index in [1.54, 1.807) is 17.1 Å². The van der Waals surface area contributed by atoms with Crippen molar-refractivity contribution >= 4 is 17.5 Å². The maximum Gasteiger partial charge on any atom is 0.237 e. The molecule has 2 fully saturated rings. The van der Waals surface area contributed by atoms with Gasteiger partial charge in [-0.25, -0.2) is 4.90 Å². The number of carbonyl (C=O) groups excluding carboxylic acids is 2. The number of aryl methyl sites for hydroxylation is 1. The molecule has 1 aromatic carbocycles. The van der Waals surface area contributed by atoms with Gasteiger partial charge >= 0.3 is 0 Å². The van der Waals surface area contributed by atoms with Crippen molar-refractivity contribution in [3.05, 3.63) is 47.8 Å². The molecule has 2 atom stereocenters. The van der Waals surface area contributed by atoms with Crippen LogP contribution in [0.1, 0.15) is 36.8 Å². The number of hydrogen-bond donors (Lipinski definition) is 0. The van der Waals surface area contributed by atoms with Gasteiger partial charge in [0.05, 0.1) is 30.3 Å². The van der Waals surface area contributed by atoms with Crippen LogP contribution in [0.25, 0.3) is 0 Å². The Labute approximate surface area is 141 Å². The van der Waals surface area contributed by atoms with E-state index < -0.39 is 0 Å². The number of rotatable bonds is 3. The Morgan fingerprint density at radius 3 is 2.50 bits per heavy atom. The van der Waals surface area contributed by atoms with E-state index >= 15 is 0 Å². The smallest absolute Gasteiger partial charge is 0.237 e. The summed E-state index contributed by atoms with van der Waals surface area (Å²) in [6, 6.07) is 8.24. The van der Waals surface area contributed by atoms with Crippen LogP contribution < -0.4 is 4.90 Å². The number of nitrogens with zero attached hydrogens (tertiary/aromatic N) is 3. The zero-order valence-corrected chi connectivity index (χ0v) is 13.8. The average Bonchev–Trinajstić information content (AvgIpc) is 3.11. The number of aromatic nitrogens is 2. The highest BCUT2D eigenvalue weighted by atomic mass is 16.2. The largest absolute Gasteiger partial charge is 0.274 e. The second-order valence-electron chi connectivity index (χ2n) is 6.89. The van der Waals surface area contributed by atoms with Gasteiger partial charge in [0.1, 0.15) is 0 Å². The first-order valence-electron chi connectivity index (χ1n) is 8.59. The molecule has 24 heavy (non-hydrogen) atoms. The number of fused-ring (bicyclic) bond motifs is 1. The Bertz CT molecular complexity index is 771. The Balaban J connectivity index is 1.56. The molecule has 124 valence electrons. The van der Waals surface area contributed by atoms with Crippen molar-refractivity contribution in [1.82, 2.24) is 9.78 Å². The van der Waals surface area contributed by atoms with Crippen LogP contribution in [0.2, 0.25) is 0 Å². The molecule has 4 rings (SSSR count). The summed E-state index contributed by atoms with van der Waals surface area (Å²) in [4.78, 5) is 26.6. The first-order chi connectivity index (χ1) is 11.6. The van der Waals surface area contributed by atoms with E-state index in [-0.39, 0.29) is 23.7 Å². The molecule has 1 aromatic heterocycles. The van der Waals surface area contributed by atoms with E-state index in [4.69, 9.17) is 0 Å². The third kappa shape index (κ3) is 2.54. The van der Waals surface area contributed by atoms with Crippen molar-refractivity contribution in [1.29, 1.82) is 0 Å². The lowest BCUT2D eigenvalue weighted by molar-refractivity contribution is -0.122. The van der Waals surface area contributed by atoms with Crippen LogP contribution in [0.3, 0.4) is 0 Å². The van der Waals surface area contributed by atoms with E-state index in [1.807, 2.05) is 6.07 Å². The summed E-state index contributed by atoms with van der Waals surface area (Å²) in [5.41, 5.74) is 2.96. The molecule has 1 saturated heterocycles. The molecule has 1 aliphatic carbocycles. The lowest BCUT2D eigenvalue weighted by Crippen LogP contribution is -2.30. The minimum atomic E-state index is -0.119. The molecule has 2 aliphatic rings. The summed E-state index contributed by atoms with van der Waals surface area (Å²) < 4.78 is 1.78. The highest BCUT2D eigenvalue weighted by Gasteiger charge is 2.49. The summed E-state index contributed by atoms with van der Waals surface area (Å²) in [7, 11) is 0. The third-order valence-electron chi connectivity index (χ3n) is 5.15. The fourth-order valence-electron chi connectivity index (χ4n) is 3.97. The van der Waals surface area contributed by atoms with E-state index in [2.05, 4.69) is 30.2 Å². The van der Waals surface area contributed by atoms with Crippen molar-refractivity contribution in [2.24, 2.45) is 11.8 Å². The molecule has 0 radical (unpaired) electrons. The van der Waals surface area contributed by atoms with Gasteiger partial charge in [0.25, 0.3) is 0 Å². The minimum Gasteiger partial charge on any atom is -0.274 e. The number of carbonyl (C=O) groups is 2. The molecule has 1 aliphatic heterocycles. The standard InChI is InChI=1S/C19H21N3O2/c1-13-5-4-6-14(9-13)11-21-12-15(10-20-21)22-18(23)16-7-2-3-8-17(16)19(22)24/h4-6,9-10,12,16-17H,2-3,7-8,11H2,1H3/t16-,17-/m1/s1. The van der Waals surface area contributed by atoms with Crippen molar-refractivity contribution in [2.45, 2.75) is 39.2 Å². The molecule has 0 unspecified atom stereocenters. The molecule has 0 N–H and O–H groups in total. The molecular formula is C19H21N3O2. The van der Waals surface area contributed by atoms with Crippen LogP contribution in [0.5, 0.6) is 0 Å². The molecule has 5 nitrogen and oxygen atoms in total. The average molecular weight is 323 g/mol. The predicted molar refractivity (Wildman–Crippen MR) is 90.4 cm³/mol. The fraction of sp³-hybridized carbons (Fsp3) is 0.421. The number of benzene rings is 1. The van der Waals surface area contributed by atoms with Crippen molar-refractivity contribution in [3.63, 3.8) is 0 Å². The van der Waals surface area contributed by atoms with Gasteiger partial charge in [-0.15, -0.1) is 0 Å². The number of amides is 2. The molecule has 5 heteroatoms. The Morgan fingerprint density at radius 2 is 1.83 bits per heavy atom. The summed E-state index contributed by atoms with van der Waals surface area (Å²) in [5.74, 6) is -0.322. The maximum atomic E-state index is 12.6. The van der Waals surface area contributed by atoms with E-state index in [9.17, 15) is 9.59 Å². The second kappa shape index (κ2) is 5.89.